The standard InChI is InChI=1S/C25H23NO5/c27-23(26-25(19-7-3-1-4-8-19)20-9-5-2-6-10-20)17-31-24(28)16-18-11-12-21-22(15-18)30-14-13-29-21/h1-12,15,25H,13-14,16-17H2,(H,26,27). The fourth-order valence-electron chi connectivity index (χ4n) is 3.41. The molecule has 3 aromatic carbocycles. The van der Waals surface area contributed by atoms with E-state index in [0.29, 0.717) is 24.7 Å². The van der Waals surface area contributed by atoms with Crippen LogP contribution in [0.2, 0.25) is 0 Å². The van der Waals surface area contributed by atoms with E-state index in [1.807, 2.05) is 60.7 Å². The molecule has 0 saturated heterocycles. The molecule has 0 atom stereocenters. The van der Waals surface area contributed by atoms with E-state index in [-0.39, 0.29) is 25.0 Å². The van der Waals surface area contributed by atoms with Crippen molar-refractivity contribution < 1.29 is 23.8 Å². The Bertz CT molecular complexity index is 997. The highest BCUT2D eigenvalue weighted by Crippen LogP contribution is 2.31. The number of rotatable bonds is 7. The maximum absolute atomic E-state index is 12.5. The van der Waals surface area contributed by atoms with Gasteiger partial charge in [0.1, 0.15) is 13.2 Å². The molecule has 0 saturated carbocycles. The molecule has 158 valence electrons. The van der Waals surface area contributed by atoms with Crippen LogP contribution in [0.5, 0.6) is 11.5 Å². The van der Waals surface area contributed by atoms with Crippen LogP contribution in [0.1, 0.15) is 22.7 Å². The van der Waals surface area contributed by atoms with Crippen LogP contribution in [0.25, 0.3) is 0 Å². The van der Waals surface area contributed by atoms with Gasteiger partial charge in [-0.1, -0.05) is 66.7 Å². The molecule has 1 N–H and O–H groups in total. The first-order valence-corrected chi connectivity index (χ1v) is 10.1. The van der Waals surface area contributed by atoms with Gasteiger partial charge in [0.05, 0.1) is 12.5 Å². The van der Waals surface area contributed by atoms with Gasteiger partial charge in [-0.3, -0.25) is 9.59 Å². The number of esters is 1. The molecule has 0 fully saturated rings. The fourth-order valence-corrected chi connectivity index (χ4v) is 3.41. The molecule has 31 heavy (non-hydrogen) atoms. The molecule has 3 aromatic rings. The molecule has 6 heteroatoms. The monoisotopic (exact) mass is 417 g/mol. The normalized spacial score (nSPS) is 12.3. The van der Waals surface area contributed by atoms with E-state index in [9.17, 15) is 9.59 Å². The zero-order valence-corrected chi connectivity index (χ0v) is 17.0. The van der Waals surface area contributed by atoms with E-state index in [1.54, 1.807) is 18.2 Å². The Morgan fingerprint density at radius 3 is 2.10 bits per heavy atom. The van der Waals surface area contributed by atoms with Crippen LogP contribution in [0.15, 0.2) is 78.9 Å². The summed E-state index contributed by atoms with van der Waals surface area (Å²) in [6.07, 6.45) is 0.0463. The third-order valence-corrected chi connectivity index (χ3v) is 4.89. The van der Waals surface area contributed by atoms with Crippen LogP contribution >= 0.6 is 0 Å². The van der Waals surface area contributed by atoms with Gasteiger partial charge >= 0.3 is 5.97 Å². The third kappa shape index (κ3) is 5.42. The van der Waals surface area contributed by atoms with Crippen molar-refractivity contribution in [3.05, 3.63) is 95.6 Å². The number of hydrogen-bond acceptors (Lipinski definition) is 5. The zero-order valence-electron chi connectivity index (χ0n) is 17.0. The van der Waals surface area contributed by atoms with Crippen LogP contribution in [-0.4, -0.2) is 31.7 Å². The van der Waals surface area contributed by atoms with E-state index >= 15 is 0 Å². The van der Waals surface area contributed by atoms with Gasteiger partial charge in [-0.25, -0.2) is 0 Å². The Kier molecular flexibility index (Phi) is 6.47. The topological polar surface area (TPSA) is 73.9 Å². The van der Waals surface area contributed by atoms with Gasteiger partial charge in [-0.05, 0) is 28.8 Å². The molecule has 4 rings (SSSR count). The second-order valence-electron chi connectivity index (χ2n) is 7.14. The number of fused-ring (bicyclic) bond motifs is 1. The molecular weight excluding hydrogens is 394 g/mol. The molecule has 0 aliphatic carbocycles. The first-order valence-electron chi connectivity index (χ1n) is 10.1. The quantitative estimate of drug-likeness (QED) is 0.596. The first kappa shape index (κ1) is 20.5. The molecule has 1 heterocycles. The summed E-state index contributed by atoms with van der Waals surface area (Å²) >= 11 is 0. The van der Waals surface area contributed by atoms with Crippen LogP contribution in [0.4, 0.5) is 0 Å². The van der Waals surface area contributed by atoms with Gasteiger partial charge < -0.3 is 19.5 Å². The summed E-state index contributed by atoms with van der Waals surface area (Å²) < 4.78 is 16.2. The van der Waals surface area contributed by atoms with Crippen LogP contribution in [0.3, 0.4) is 0 Å². The molecule has 6 nitrogen and oxygen atoms in total. The lowest BCUT2D eigenvalue weighted by Gasteiger charge is -2.20. The zero-order chi connectivity index (χ0) is 21.5. The first-order chi connectivity index (χ1) is 15.2. The highest BCUT2D eigenvalue weighted by molar-refractivity contribution is 5.82. The predicted molar refractivity (Wildman–Crippen MR) is 115 cm³/mol. The maximum Gasteiger partial charge on any atom is 0.310 e. The molecule has 0 bridgehead atoms. The average Bonchev–Trinajstić information content (AvgIpc) is 2.82. The number of benzene rings is 3. The smallest absolute Gasteiger partial charge is 0.310 e. The number of hydrogen-bond donors (Lipinski definition) is 1. The summed E-state index contributed by atoms with van der Waals surface area (Å²) in [4.78, 5) is 24.8. The van der Waals surface area contributed by atoms with Crippen molar-refractivity contribution in [2.75, 3.05) is 19.8 Å². The third-order valence-electron chi connectivity index (χ3n) is 4.89. The highest BCUT2D eigenvalue weighted by Gasteiger charge is 2.18. The molecular formula is C25H23NO5. The lowest BCUT2D eigenvalue weighted by molar-refractivity contribution is -0.148. The minimum Gasteiger partial charge on any atom is -0.486 e. The minimum absolute atomic E-state index is 0.0463. The van der Waals surface area contributed by atoms with Crippen LogP contribution in [0, 0.1) is 0 Å². The van der Waals surface area contributed by atoms with Crippen molar-refractivity contribution in [1.82, 2.24) is 5.32 Å². The largest absolute Gasteiger partial charge is 0.486 e. The van der Waals surface area contributed by atoms with Gasteiger partial charge in [0.25, 0.3) is 5.91 Å². The summed E-state index contributed by atoms with van der Waals surface area (Å²) in [7, 11) is 0. The Morgan fingerprint density at radius 1 is 0.839 bits per heavy atom. The summed E-state index contributed by atoms with van der Waals surface area (Å²) in [5.74, 6) is 0.425. The van der Waals surface area contributed by atoms with Crippen molar-refractivity contribution in [2.24, 2.45) is 0 Å². The molecule has 0 unspecified atom stereocenters. The van der Waals surface area contributed by atoms with Crippen molar-refractivity contribution in [3.63, 3.8) is 0 Å². The van der Waals surface area contributed by atoms with Gasteiger partial charge in [0, 0.05) is 0 Å². The number of ether oxygens (including phenoxy) is 3. The second-order valence-corrected chi connectivity index (χ2v) is 7.14. The van der Waals surface area contributed by atoms with Gasteiger partial charge in [-0.15, -0.1) is 0 Å². The van der Waals surface area contributed by atoms with Crippen LogP contribution in [-0.2, 0) is 20.7 Å². The van der Waals surface area contributed by atoms with Crippen molar-refractivity contribution in [2.45, 2.75) is 12.5 Å². The van der Waals surface area contributed by atoms with E-state index in [0.717, 1.165) is 16.7 Å². The van der Waals surface area contributed by atoms with E-state index in [1.165, 1.54) is 0 Å². The number of nitrogens with one attached hydrogen (secondary N) is 1. The molecule has 0 radical (unpaired) electrons. The Labute approximate surface area is 180 Å². The number of amides is 1. The molecule has 0 aromatic heterocycles. The summed E-state index contributed by atoms with van der Waals surface area (Å²) in [6.45, 7) is 0.640. The molecule has 0 spiro atoms. The molecule has 1 amide bonds. The molecule has 1 aliphatic heterocycles. The van der Waals surface area contributed by atoms with Gasteiger partial charge in [-0.2, -0.15) is 0 Å². The lowest BCUT2D eigenvalue weighted by Crippen LogP contribution is -2.33. The maximum atomic E-state index is 12.5. The summed E-state index contributed by atoms with van der Waals surface area (Å²) in [6, 6.07) is 24.3. The lowest BCUT2D eigenvalue weighted by atomic mass is 9.99. The second kappa shape index (κ2) is 9.80. The fraction of sp³-hybridized carbons (Fsp3) is 0.200. The van der Waals surface area contributed by atoms with Crippen LogP contribution < -0.4 is 14.8 Å². The highest BCUT2D eigenvalue weighted by atomic mass is 16.6. The number of carbonyl (C=O) groups is 2. The predicted octanol–water partition coefficient (Wildman–Crippen LogP) is 3.45. The van der Waals surface area contributed by atoms with Crippen molar-refractivity contribution in [3.8, 4) is 11.5 Å². The van der Waals surface area contributed by atoms with Crippen molar-refractivity contribution in [1.29, 1.82) is 0 Å². The SMILES string of the molecule is O=C(COC(=O)Cc1ccc2c(c1)OCCO2)NC(c1ccccc1)c1ccccc1. The number of carbonyl (C=O) groups excluding carboxylic acids is 2. The Morgan fingerprint density at radius 2 is 1.45 bits per heavy atom. The Balaban J connectivity index is 1.34. The van der Waals surface area contributed by atoms with E-state index in [4.69, 9.17) is 14.2 Å². The Hall–Kier alpha value is -3.80. The van der Waals surface area contributed by atoms with Crippen molar-refractivity contribution >= 4 is 11.9 Å². The van der Waals surface area contributed by atoms with Gasteiger partial charge in [0.15, 0.2) is 18.1 Å². The summed E-state index contributed by atoms with van der Waals surface area (Å²) in [5, 5.41) is 2.96. The average molecular weight is 417 g/mol. The molecule has 1 aliphatic rings. The van der Waals surface area contributed by atoms with E-state index < -0.39 is 5.97 Å². The summed E-state index contributed by atoms with van der Waals surface area (Å²) in [5.41, 5.74) is 2.63. The minimum atomic E-state index is -0.484. The van der Waals surface area contributed by atoms with E-state index in [2.05, 4.69) is 5.32 Å². The van der Waals surface area contributed by atoms with Gasteiger partial charge in [0.2, 0.25) is 0 Å².